The van der Waals surface area contributed by atoms with Gasteiger partial charge in [0.25, 0.3) is 11.6 Å². The molecule has 8 heteroatoms. The summed E-state index contributed by atoms with van der Waals surface area (Å²) in [5.41, 5.74) is 0.816. The summed E-state index contributed by atoms with van der Waals surface area (Å²) in [5.74, 6) is -0.201. The molecule has 0 aliphatic carbocycles. The summed E-state index contributed by atoms with van der Waals surface area (Å²) in [4.78, 5) is 38.7. The normalized spacial score (nSPS) is 14.9. The topological polar surface area (TPSA) is 95.8 Å². The number of nitrogens with zero attached hydrogens (tertiary/aromatic N) is 3. The van der Waals surface area contributed by atoms with Gasteiger partial charge in [0, 0.05) is 49.9 Å². The van der Waals surface area contributed by atoms with Gasteiger partial charge in [-0.05, 0) is 19.4 Å². The van der Waals surface area contributed by atoms with Crippen molar-refractivity contribution in [3.05, 3.63) is 39.4 Å². The van der Waals surface area contributed by atoms with Crippen molar-refractivity contribution in [2.75, 3.05) is 39.3 Å². The average molecular weight is 362 g/mol. The molecule has 0 aromatic heterocycles. The highest BCUT2D eigenvalue weighted by Crippen LogP contribution is 2.20. The molecule has 0 atom stereocenters. The molecule has 0 saturated carbocycles. The fourth-order valence-corrected chi connectivity index (χ4v) is 2.89. The van der Waals surface area contributed by atoms with Crippen LogP contribution in [0.4, 0.5) is 5.69 Å². The van der Waals surface area contributed by atoms with E-state index in [0.29, 0.717) is 50.4 Å². The zero-order valence-electron chi connectivity index (χ0n) is 15.4. The summed E-state index contributed by atoms with van der Waals surface area (Å²) in [6.07, 6.45) is 2.01. The van der Waals surface area contributed by atoms with Crippen LogP contribution in [0.2, 0.25) is 0 Å². The number of nitrogens with one attached hydrogen (secondary N) is 1. The number of hydrogen-bond acceptors (Lipinski definition) is 5. The van der Waals surface area contributed by atoms with Crippen molar-refractivity contribution in [1.82, 2.24) is 15.1 Å². The van der Waals surface area contributed by atoms with Gasteiger partial charge in [-0.15, -0.1) is 0 Å². The molecule has 0 bridgehead atoms. The first-order valence-corrected chi connectivity index (χ1v) is 8.95. The van der Waals surface area contributed by atoms with Crippen molar-refractivity contribution < 1.29 is 14.5 Å². The summed E-state index contributed by atoms with van der Waals surface area (Å²) in [6.45, 7) is 6.98. The minimum Gasteiger partial charge on any atom is -0.355 e. The van der Waals surface area contributed by atoms with Crippen LogP contribution in [0.3, 0.4) is 0 Å². The van der Waals surface area contributed by atoms with Crippen molar-refractivity contribution >= 4 is 17.5 Å². The van der Waals surface area contributed by atoms with E-state index >= 15 is 0 Å². The molecule has 2 rings (SSSR count). The van der Waals surface area contributed by atoms with Crippen molar-refractivity contribution in [2.45, 2.75) is 26.7 Å². The van der Waals surface area contributed by atoms with Crippen LogP contribution in [-0.4, -0.2) is 65.8 Å². The van der Waals surface area contributed by atoms with Crippen LogP contribution >= 0.6 is 0 Å². The van der Waals surface area contributed by atoms with E-state index in [4.69, 9.17) is 0 Å². The van der Waals surface area contributed by atoms with Crippen molar-refractivity contribution in [2.24, 2.45) is 0 Å². The standard InChI is InChI=1S/C18H26N4O4/c1-3-4-7-19-17(23)13-20-8-10-21(11-9-20)18(24)15-6-5-14(2)16(12-15)22(25)26/h5-6,12H,3-4,7-11,13H2,1-2H3,(H,19,23). The number of carbonyl (C=O) groups is 2. The summed E-state index contributed by atoms with van der Waals surface area (Å²) < 4.78 is 0. The lowest BCUT2D eigenvalue weighted by atomic mass is 10.1. The Balaban J connectivity index is 1.87. The molecule has 0 spiro atoms. The zero-order chi connectivity index (χ0) is 19.1. The number of benzene rings is 1. The number of piperazine rings is 1. The maximum absolute atomic E-state index is 12.6. The number of unbranched alkanes of at least 4 members (excludes halogenated alkanes) is 1. The third-order valence-corrected chi connectivity index (χ3v) is 4.53. The first-order chi connectivity index (χ1) is 12.4. The van der Waals surface area contributed by atoms with Gasteiger partial charge >= 0.3 is 0 Å². The molecule has 1 aliphatic rings. The van der Waals surface area contributed by atoms with E-state index in [2.05, 4.69) is 12.2 Å². The Morgan fingerprint density at radius 3 is 2.54 bits per heavy atom. The summed E-state index contributed by atoms with van der Waals surface area (Å²) in [6, 6.07) is 4.56. The van der Waals surface area contributed by atoms with Crippen LogP contribution in [0.15, 0.2) is 18.2 Å². The lowest BCUT2D eigenvalue weighted by Crippen LogP contribution is -2.51. The number of amides is 2. The van der Waals surface area contributed by atoms with Gasteiger partial charge in [-0.25, -0.2) is 0 Å². The van der Waals surface area contributed by atoms with Gasteiger partial charge in [-0.3, -0.25) is 24.6 Å². The molecule has 1 saturated heterocycles. The third-order valence-electron chi connectivity index (χ3n) is 4.53. The van der Waals surface area contributed by atoms with E-state index in [1.807, 2.05) is 4.90 Å². The Bertz CT molecular complexity index is 669. The van der Waals surface area contributed by atoms with E-state index in [1.165, 1.54) is 6.07 Å². The summed E-state index contributed by atoms with van der Waals surface area (Å²) in [5, 5.41) is 13.9. The monoisotopic (exact) mass is 362 g/mol. The third kappa shape index (κ3) is 5.26. The average Bonchev–Trinajstić information content (AvgIpc) is 2.62. The molecule has 26 heavy (non-hydrogen) atoms. The van der Waals surface area contributed by atoms with E-state index in [0.717, 1.165) is 12.8 Å². The molecule has 2 amide bonds. The maximum Gasteiger partial charge on any atom is 0.273 e. The molecule has 1 aromatic carbocycles. The van der Waals surface area contributed by atoms with E-state index in [-0.39, 0.29) is 17.5 Å². The smallest absolute Gasteiger partial charge is 0.273 e. The summed E-state index contributed by atoms with van der Waals surface area (Å²) >= 11 is 0. The number of nitro benzene ring substituents is 1. The fraction of sp³-hybridized carbons (Fsp3) is 0.556. The Kier molecular flexibility index (Phi) is 7.08. The van der Waals surface area contributed by atoms with Crippen molar-refractivity contribution in [3.8, 4) is 0 Å². The maximum atomic E-state index is 12.6. The lowest BCUT2D eigenvalue weighted by molar-refractivity contribution is -0.385. The molecular weight excluding hydrogens is 336 g/mol. The molecule has 8 nitrogen and oxygen atoms in total. The largest absolute Gasteiger partial charge is 0.355 e. The van der Waals surface area contributed by atoms with Crippen LogP contribution in [0.5, 0.6) is 0 Å². The second-order valence-electron chi connectivity index (χ2n) is 6.53. The van der Waals surface area contributed by atoms with E-state index < -0.39 is 4.92 Å². The van der Waals surface area contributed by atoms with Gasteiger partial charge in [0.1, 0.15) is 0 Å². The van der Waals surface area contributed by atoms with Crippen LogP contribution < -0.4 is 5.32 Å². The summed E-state index contributed by atoms with van der Waals surface area (Å²) in [7, 11) is 0. The zero-order valence-corrected chi connectivity index (χ0v) is 15.4. The van der Waals surface area contributed by atoms with E-state index in [9.17, 15) is 19.7 Å². The van der Waals surface area contributed by atoms with Gasteiger partial charge in [-0.1, -0.05) is 19.4 Å². The fourth-order valence-electron chi connectivity index (χ4n) is 2.89. The Labute approximate surface area is 153 Å². The minimum atomic E-state index is -0.471. The SMILES string of the molecule is CCCCNC(=O)CN1CCN(C(=O)c2ccc(C)c([N+](=O)[O-])c2)CC1. The van der Waals surface area contributed by atoms with Crippen molar-refractivity contribution in [1.29, 1.82) is 0 Å². The van der Waals surface area contributed by atoms with Gasteiger partial charge in [0.2, 0.25) is 5.91 Å². The van der Waals surface area contributed by atoms with Crippen LogP contribution in [-0.2, 0) is 4.79 Å². The number of aryl methyl sites for hydroxylation is 1. The number of rotatable bonds is 7. The predicted molar refractivity (Wildman–Crippen MR) is 98.1 cm³/mol. The molecular formula is C18H26N4O4. The highest BCUT2D eigenvalue weighted by molar-refractivity contribution is 5.95. The molecule has 1 N–H and O–H groups in total. The Hall–Kier alpha value is -2.48. The van der Waals surface area contributed by atoms with E-state index in [1.54, 1.807) is 24.0 Å². The quantitative estimate of drug-likeness (QED) is 0.451. The predicted octanol–water partition coefficient (Wildman–Crippen LogP) is 1.58. The second-order valence-corrected chi connectivity index (χ2v) is 6.53. The highest BCUT2D eigenvalue weighted by Gasteiger charge is 2.24. The Morgan fingerprint density at radius 1 is 1.23 bits per heavy atom. The van der Waals surface area contributed by atoms with Gasteiger partial charge in [-0.2, -0.15) is 0 Å². The second kappa shape index (κ2) is 9.28. The van der Waals surface area contributed by atoms with Gasteiger partial charge in [0.05, 0.1) is 11.5 Å². The van der Waals surface area contributed by atoms with Crippen LogP contribution in [0.25, 0.3) is 0 Å². The highest BCUT2D eigenvalue weighted by atomic mass is 16.6. The van der Waals surface area contributed by atoms with Crippen LogP contribution in [0, 0.1) is 17.0 Å². The van der Waals surface area contributed by atoms with Crippen LogP contribution in [0.1, 0.15) is 35.7 Å². The minimum absolute atomic E-state index is 0.00684. The van der Waals surface area contributed by atoms with Crippen molar-refractivity contribution in [3.63, 3.8) is 0 Å². The van der Waals surface area contributed by atoms with Gasteiger partial charge < -0.3 is 10.2 Å². The number of carbonyl (C=O) groups excluding carboxylic acids is 2. The molecule has 142 valence electrons. The first-order valence-electron chi connectivity index (χ1n) is 8.95. The van der Waals surface area contributed by atoms with Gasteiger partial charge in [0.15, 0.2) is 0 Å². The molecule has 1 fully saturated rings. The molecule has 1 aliphatic heterocycles. The molecule has 0 radical (unpaired) electrons. The number of nitro groups is 1. The molecule has 0 unspecified atom stereocenters. The molecule has 1 aromatic rings. The molecule has 1 heterocycles. The lowest BCUT2D eigenvalue weighted by Gasteiger charge is -2.34. The Morgan fingerprint density at radius 2 is 1.92 bits per heavy atom. The number of hydrogen-bond donors (Lipinski definition) is 1. The first kappa shape index (κ1) is 19.8.